The van der Waals surface area contributed by atoms with Crippen molar-refractivity contribution in [2.24, 2.45) is 0 Å². The fourth-order valence-corrected chi connectivity index (χ4v) is 0.910. The normalized spacial score (nSPS) is 29.3. The zero-order valence-electron chi connectivity index (χ0n) is 5.09. The fraction of sp³-hybridized carbons (Fsp3) is 1.00. The molecule has 0 aromatic heterocycles. The van der Waals surface area contributed by atoms with E-state index in [-0.39, 0.29) is 19.0 Å². The van der Waals surface area contributed by atoms with E-state index in [0.29, 0.717) is 11.7 Å². The van der Waals surface area contributed by atoms with Crippen LogP contribution in [0.25, 0.3) is 0 Å². The topological polar surface area (TPSA) is 23.5 Å². The molecule has 56 valence electrons. The molecule has 0 spiro atoms. The first-order valence-electron chi connectivity index (χ1n) is 2.88. The average molecular weight is 156 g/mol. The molecule has 1 N–H and O–H groups in total. The first-order valence-corrected chi connectivity index (χ1v) is 2.88. The molecule has 4 heteroatoms. The predicted molar refractivity (Wildman–Crippen MR) is 35.2 cm³/mol. The molecule has 0 saturated carbocycles. The van der Waals surface area contributed by atoms with Crippen molar-refractivity contribution in [3.8, 4) is 0 Å². The van der Waals surface area contributed by atoms with E-state index < -0.39 is 6.10 Å². The van der Waals surface area contributed by atoms with Crippen LogP contribution in [0.3, 0.4) is 0 Å². The van der Waals surface area contributed by atoms with Gasteiger partial charge in [0.2, 0.25) is 0 Å². The van der Waals surface area contributed by atoms with Crippen LogP contribution in [0.5, 0.6) is 0 Å². The number of aliphatic hydroxyl groups is 1. The number of nitrogens with zero attached hydrogens (tertiary/aromatic N) is 1. The molecule has 1 aliphatic rings. The molecule has 1 heterocycles. The van der Waals surface area contributed by atoms with E-state index in [1.165, 1.54) is 0 Å². The Hall–Kier alpha value is 0.140. The lowest BCUT2D eigenvalue weighted by molar-refractivity contribution is -0.0467. The van der Waals surface area contributed by atoms with Gasteiger partial charge in [-0.05, 0) is 12.8 Å². The third-order valence-electron chi connectivity index (χ3n) is 1.35. The molecule has 1 saturated heterocycles. The van der Waals surface area contributed by atoms with E-state index in [2.05, 4.69) is 0 Å². The number of hydrogen-bond acceptors (Lipinski definition) is 2. The van der Waals surface area contributed by atoms with Crippen molar-refractivity contribution in [3.63, 3.8) is 0 Å². The molecule has 1 rings (SSSR count). The van der Waals surface area contributed by atoms with Gasteiger partial charge in [0.15, 0.2) is 0 Å². The van der Waals surface area contributed by atoms with E-state index in [9.17, 15) is 4.48 Å². The standard InChI is InChI=1S/C5H10FNO.ClH/c6-7-3-1-2-5(8)4-7;/h5,8H,1-4H2;1H. The molecule has 0 aromatic carbocycles. The molecule has 0 aliphatic carbocycles. The summed E-state index contributed by atoms with van der Waals surface area (Å²) in [6, 6.07) is 0. The summed E-state index contributed by atoms with van der Waals surface area (Å²) in [4.78, 5) is 0. The summed E-state index contributed by atoms with van der Waals surface area (Å²) in [6.07, 6.45) is 1.09. The van der Waals surface area contributed by atoms with E-state index in [1.807, 2.05) is 0 Å². The quantitative estimate of drug-likeness (QED) is 0.522. The van der Waals surface area contributed by atoms with Crippen molar-refractivity contribution in [1.29, 1.82) is 0 Å². The van der Waals surface area contributed by atoms with Gasteiger partial charge < -0.3 is 5.11 Å². The number of piperidine rings is 1. The number of β-amino-alcohol motifs (C(OH)–C–C–N with tert-alkyl or cyclic N) is 1. The third-order valence-corrected chi connectivity index (χ3v) is 1.35. The lowest BCUT2D eigenvalue weighted by atomic mass is 10.1. The van der Waals surface area contributed by atoms with Crippen molar-refractivity contribution in [3.05, 3.63) is 0 Å². The van der Waals surface area contributed by atoms with Crippen LogP contribution in [0, 0.1) is 0 Å². The highest BCUT2D eigenvalue weighted by Gasteiger charge is 2.15. The summed E-state index contributed by atoms with van der Waals surface area (Å²) < 4.78 is 12.1. The molecule has 1 aliphatic heterocycles. The summed E-state index contributed by atoms with van der Waals surface area (Å²) in [7, 11) is 0. The average Bonchev–Trinajstić information content (AvgIpc) is 1.64. The molecule has 0 aromatic rings. The summed E-state index contributed by atoms with van der Waals surface area (Å²) >= 11 is 0. The Morgan fingerprint density at radius 3 is 2.56 bits per heavy atom. The van der Waals surface area contributed by atoms with Gasteiger partial charge in [-0.15, -0.1) is 22.0 Å². The van der Waals surface area contributed by atoms with Gasteiger partial charge >= 0.3 is 0 Å². The Morgan fingerprint density at radius 2 is 2.22 bits per heavy atom. The van der Waals surface area contributed by atoms with Gasteiger partial charge in [-0.1, -0.05) is 0 Å². The second-order valence-corrected chi connectivity index (χ2v) is 2.16. The highest BCUT2D eigenvalue weighted by Crippen LogP contribution is 2.08. The minimum absolute atomic E-state index is 0. The number of aliphatic hydroxyl groups excluding tert-OH is 1. The number of halogens is 2. The van der Waals surface area contributed by atoms with Gasteiger partial charge in [0.05, 0.1) is 12.6 Å². The maximum atomic E-state index is 12.1. The fourth-order valence-electron chi connectivity index (χ4n) is 0.910. The molecule has 1 atom stereocenters. The molecule has 2 nitrogen and oxygen atoms in total. The Labute approximate surface area is 60.0 Å². The van der Waals surface area contributed by atoms with Crippen LogP contribution >= 0.6 is 12.4 Å². The first kappa shape index (κ1) is 9.14. The smallest absolute Gasteiger partial charge is 0.0693 e. The minimum Gasteiger partial charge on any atom is -0.392 e. The van der Waals surface area contributed by atoms with Crippen LogP contribution in [0.4, 0.5) is 4.48 Å². The molecule has 0 bridgehead atoms. The second-order valence-electron chi connectivity index (χ2n) is 2.16. The Bertz CT molecular complexity index is 75.4. The SMILES string of the molecule is Cl.OC1CCCN(F)C1. The largest absolute Gasteiger partial charge is 0.392 e. The van der Waals surface area contributed by atoms with E-state index in [4.69, 9.17) is 5.11 Å². The Kier molecular flexibility index (Phi) is 4.10. The summed E-state index contributed by atoms with van der Waals surface area (Å²) in [5.41, 5.74) is 0. The van der Waals surface area contributed by atoms with E-state index in [0.717, 1.165) is 12.8 Å². The Morgan fingerprint density at radius 1 is 1.56 bits per heavy atom. The monoisotopic (exact) mass is 155 g/mol. The summed E-state index contributed by atoms with van der Waals surface area (Å²) in [6.45, 7) is 0.678. The molecule has 1 fully saturated rings. The van der Waals surface area contributed by atoms with Crippen LogP contribution in [-0.2, 0) is 0 Å². The third kappa shape index (κ3) is 2.98. The maximum absolute atomic E-state index is 12.1. The van der Waals surface area contributed by atoms with Crippen molar-refractivity contribution in [2.45, 2.75) is 18.9 Å². The van der Waals surface area contributed by atoms with Gasteiger partial charge in [0.1, 0.15) is 0 Å². The van der Waals surface area contributed by atoms with Crippen molar-refractivity contribution >= 4 is 12.4 Å². The predicted octanol–water partition coefficient (Wildman–Crippen LogP) is 0.749. The van der Waals surface area contributed by atoms with Gasteiger partial charge in [0, 0.05) is 6.54 Å². The zero-order chi connectivity index (χ0) is 5.98. The number of rotatable bonds is 0. The van der Waals surface area contributed by atoms with E-state index in [1.54, 1.807) is 0 Å². The highest BCUT2D eigenvalue weighted by molar-refractivity contribution is 5.85. The summed E-state index contributed by atoms with van der Waals surface area (Å²) in [5, 5.41) is 9.46. The van der Waals surface area contributed by atoms with Gasteiger partial charge in [-0.25, -0.2) is 0 Å². The lowest BCUT2D eigenvalue weighted by Gasteiger charge is -2.21. The van der Waals surface area contributed by atoms with Crippen LogP contribution < -0.4 is 0 Å². The molecule has 9 heavy (non-hydrogen) atoms. The van der Waals surface area contributed by atoms with Crippen LogP contribution in [0.15, 0.2) is 0 Å². The van der Waals surface area contributed by atoms with Crippen LogP contribution in [0.2, 0.25) is 0 Å². The lowest BCUT2D eigenvalue weighted by Crippen LogP contribution is -2.32. The van der Waals surface area contributed by atoms with Crippen LogP contribution in [0.1, 0.15) is 12.8 Å². The van der Waals surface area contributed by atoms with Crippen molar-refractivity contribution in [2.75, 3.05) is 13.1 Å². The maximum Gasteiger partial charge on any atom is 0.0693 e. The summed E-state index contributed by atoms with van der Waals surface area (Å²) in [5.74, 6) is 0. The molecule has 0 amide bonds. The van der Waals surface area contributed by atoms with Crippen LogP contribution in [-0.4, -0.2) is 29.4 Å². The molecule has 1 unspecified atom stereocenters. The van der Waals surface area contributed by atoms with Crippen molar-refractivity contribution in [1.82, 2.24) is 5.12 Å². The first-order chi connectivity index (χ1) is 3.79. The minimum atomic E-state index is -0.436. The highest BCUT2D eigenvalue weighted by atomic mass is 35.5. The zero-order valence-corrected chi connectivity index (χ0v) is 5.90. The Balaban J connectivity index is 0.000000640. The number of hydrogen-bond donors (Lipinski definition) is 1. The molecular formula is C5H11ClFNO. The molecule has 0 radical (unpaired) electrons. The van der Waals surface area contributed by atoms with E-state index >= 15 is 0 Å². The second kappa shape index (κ2) is 4.04. The van der Waals surface area contributed by atoms with Gasteiger partial charge in [-0.3, -0.25) is 0 Å². The molecular weight excluding hydrogens is 145 g/mol. The van der Waals surface area contributed by atoms with Gasteiger partial charge in [0.25, 0.3) is 0 Å². The van der Waals surface area contributed by atoms with Gasteiger partial charge in [-0.2, -0.15) is 0 Å². The van der Waals surface area contributed by atoms with Crippen molar-refractivity contribution < 1.29 is 9.59 Å².